The quantitative estimate of drug-likeness (QED) is 0.847. The van der Waals surface area contributed by atoms with E-state index in [2.05, 4.69) is 27.5 Å². The molecular formula is C13H15N3O. The van der Waals surface area contributed by atoms with Gasteiger partial charge in [-0.25, -0.2) is 0 Å². The summed E-state index contributed by atoms with van der Waals surface area (Å²) in [7, 11) is 0. The zero-order chi connectivity index (χ0) is 11.7. The summed E-state index contributed by atoms with van der Waals surface area (Å²) in [5, 5.41) is 20.3. The maximum absolute atomic E-state index is 10.2. The number of aliphatic hydroxyl groups excluding tert-OH is 1. The van der Waals surface area contributed by atoms with Gasteiger partial charge in [-0.2, -0.15) is 15.4 Å². The zero-order valence-corrected chi connectivity index (χ0v) is 9.50. The third-order valence-corrected chi connectivity index (χ3v) is 3.52. The highest BCUT2D eigenvalue weighted by atomic mass is 16.3. The van der Waals surface area contributed by atoms with E-state index >= 15 is 0 Å². The van der Waals surface area contributed by atoms with Gasteiger partial charge in [0.2, 0.25) is 0 Å². The molecule has 1 aromatic heterocycles. The fraction of sp³-hybridized carbons (Fsp3) is 0.385. The van der Waals surface area contributed by atoms with Crippen molar-refractivity contribution in [3.63, 3.8) is 0 Å². The summed E-state index contributed by atoms with van der Waals surface area (Å²) < 4.78 is 0. The molecule has 4 nitrogen and oxygen atoms in total. The SMILES string of the molecule is OC(c1cccc(C2CCC2)c1)c1cn[nH]n1. The monoisotopic (exact) mass is 229 g/mol. The molecule has 1 aliphatic rings. The summed E-state index contributed by atoms with van der Waals surface area (Å²) in [5.41, 5.74) is 2.79. The number of nitrogens with one attached hydrogen (secondary N) is 1. The predicted octanol–water partition coefficient (Wildman–Crippen LogP) is 2.15. The number of aromatic nitrogens is 3. The Kier molecular flexibility index (Phi) is 2.65. The average molecular weight is 229 g/mol. The van der Waals surface area contributed by atoms with Crippen molar-refractivity contribution in [2.45, 2.75) is 31.3 Å². The minimum atomic E-state index is -0.686. The molecule has 3 rings (SSSR count). The molecule has 0 saturated heterocycles. The Morgan fingerprint density at radius 3 is 2.88 bits per heavy atom. The van der Waals surface area contributed by atoms with Crippen molar-refractivity contribution in [3.05, 3.63) is 47.3 Å². The van der Waals surface area contributed by atoms with Crippen molar-refractivity contribution in [2.75, 3.05) is 0 Å². The molecule has 1 fully saturated rings. The highest BCUT2D eigenvalue weighted by Crippen LogP contribution is 2.37. The number of hydrogen-bond donors (Lipinski definition) is 2. The molecule has 88 valence electrons. The van der Waals surface area contributed by atoms with Gasteiger partial charge >= 0.3 is 0 Å². The summed E-state index contributed by atoms with van der Waals surface area (Å²) in [5.74, 6) is 0.680. The van der Waals surface area contributed by atoms with Gasteiger partial charge in [-0.3, -0.25) is 0 Å². The summed E-state index contributed by atoms with van der Waals surface area (Å²) in [4.78, 5) is 0. The summed E-state index contributed by atoms with van der Waals surface area (Å²) in [6.45, 7) is 0. The highest BCUT2D eigenvalue weighted by molar-refractivity contribution is 5.31. The molecule has 4 heteroatoms. The molecule has 2 aromatic rings. The zero-order valence-electron chi connectivity index (χ0n) is 9.50. The van der Waals surface area contributed by atoms with Crippen LogP contribution in [0, 0.1) is 0 Å². The molecule has 1 heterocycles. The normalized spacial score (nSPS) is 17.7. The van der Waals surface area contributed by atoms with Gasteiger partial charge in [0.25, 0.3) is 0 Å². The molecule has 0 radical (unpaired) electrons. The van der Waals surface area contributed by atoms with Gasteiger partial charge < -0.3 is 5.11 Å². The van der Waals surface area contributed by atoms with Crippen LogP contribution in [0.2, 0.25) is 0 Å². The smallest absolute Gasteiger partial charge is 0.124 e. The van der Waals surface area contributed by atoms with Gasteiger partial charge in [0.1, 0.15) is 11.8 Å². The van der Waals surface area contributed by atoms with Gasteiger partial charge in [0, 0.05) is 0 Å². The van der Waals surface area contributed by atoms with Crippen LogP contribution < -0.4 is 0 Å². The predicted molar refractivity (Wildman–Crippen MR) is 63.5 cm³/mol. The fourth-order valence-electron chi connectivity index (χ4n) is 2.24. The van der Waals surface area contributed by atoms with Crippen LogP contribution in [0.4, 0.5) is 0 Å². The van der Waals surface area contributed by atoms with Gasteiger partial charge in [-0.15, -0.1) is 0 Å². The first kappa shape index (κ1) is 10.5. The van der Waals surface area contributed by atoms with Crippen molar-refractivity contribution in [3.8, 4) is 0 Å². The number of aromatic amines is 1. The largest absolute Gasteiger partial charge is 0.382 e. The number of nitrogens with zero attached hydrogens (tertiary/aromatic N) is 2. The van der Waals surface area contributed by atoms with Gasteiger partial charge in [-0.05, 0) is 29.9 Å². The van der Waals surface area contributed by atoms with Gasteiger partial charge in [-0.1, -0.05) is 30.7 Å². The molecule has 17 heavy (non-hydrogen) atoms. The number of H-pyrrole nitrogens is 1. The Morgan fingerprint density at radius 2 is 2.24 bits per heavy atom. The molecule has 2 N–H and O–H groups in total. The van der Waals surface area contributed by atoms with Crippen LogP contribution in [-0.2, 0) is 0 Å². The lowest BCUT2D eigenvalue weighted by atomic mass is 9.79. The van der Waals surface area contributed by atoms with Gasteiger partial charge in [0.15, 0.2) is 0 Å². The number of hydrogen-bond acceptors (Lipinski definition) is 3. The molecule has 1 aliphatic carbocycles. The molecule has 1 aromatic carbocycles. The second-order valence-corrected chi connectivity index (χ2v) is 4.60. The second-order valence-electron chi connectivity index (χ2n) is 4.60. The van der Waals surface area contributed by atoms with E-state index < -0.39 is 6.10 Å². The van der Waals surface area contributed by atoms with E-state index in [1.54, 1.807) is 6.20 Å². The lowest BCUT2D eigenvalue weighted by molar-refractivity contribution is 0.215. The highest BCUT2D eigenvalue weighted by Gasteiger charge is 2.21. The number of aliphatic hydroxyl groups is 1. The summed E-state index contributed by atoms with van der Waals surface area (Å²) in [6.07, 6.45) is 4.72. The lowest BCUT2D eigenvalue weighted by Gasteiger charge is -2.26. The average Bonchev–Trinajstić information content (AvgIpc) is 2.79. The van der Waals surface area contributed by atoms with E-state index in [1.807, 2.05) is 12.1 Å². The molecule has 1 unspecified atom stereocenters. The van der Waals surface area contributed by atoms with Crippen molar-refractivity contribution in [1.29, 1.82) is 0 Å². The van der Waals surface area contributed by atoms with Crippen molar-refractivity contribution in [1.82, 2.24) is 15.4 Å². The first-order chi connectivity index (χ1) is 8.34. The van der Waals surface area contributed by atoms with Crippen LogP contribution in [-0.4, -0.2) is 20.5 Å². The summed E-state index contributed by atoms with van der Waals surface area (Å²) in [6, 6.07) is 8.17. The van der Waals surface area contributed by atoms with Crippen LogP contribution in [0.1, 0.15) is 48.1 Å². The van der Waals surface area contributed by atoms with E-state index in [-0.39, 0.29) is 0 Å². The van der Waals surface area contributed by atoms with Crippen LogP contribution in [0.25, 0.3) is 0 Å². The van der Waals surface area contributed by atoms with E-state index in [0.29, 0.717) is 11.6 Å². The second kappa shape index (κ2) is 4.30. The van der Waals surface area contributed by atoms with Crippen molar-refractivity contribution in [2.24, 2.45) is 0 Å². The van der Waals surface area contributed by atoms with E-state index in [1.165, 1.54) is 24.8 Å². The van der Waals surface area contributed by atoms with Gasteiger partial charge in [0.05, 0.1) is 6.20 Å². The topological polar surface area (TPSA) is 61.8 Å². The van der Waals surface area contributed by atoms with E-state index in [9.17, 15) is 5.11 Å². The first-order valence-electron chi connectivity index (χ1n) is 5.98. The lowest BCUT2D eigenvalue weighted by Crippen LogP contribution is -2.09. The molecule has 0 amide bonds. The first-order valence-corrected chi connectivity index (χ1v) is 5.98. The number of rotatable bonds is 3. The Labute approximate surface area is 99.7 Å². The molecule has 0 aliphatic heterocycles. The maximum Gasteiger partial charge on any atom is 0.124 e. The van der Waals surface area contributed by atoms with E-state index in [4.69, 9.17) is 0 Å². The standard InChI is InChI=1S/C13H15N3O/c17-13(12-8-14-16-15-12)11-6-2-5-10(7-11)9-3-1-4-9/h2,5-9,13,17H,1,3-4H2,(H,14,15,16). The molecular weight excluding hydrogens is 214 g/mol. The minimum Gasteiger partial charge on any atom is -0.382 e. The van der Waals surface area contributed by atoms with Crippen molar-refractivity contribution >= 4 is 0 Å². The Bertz CT molecular complexity index is 491. The molecule has 1 atom stereocenters. The Hall–Kier alpha value is -1.68. The minimum absolute atomic E-state index is 0.566. The Balaban J connectivity index is 1.87. The molecule has 0 bridgehead atoms. The van der Waals surface area contributed by atoms with Crippen molar-refractivity contribution < 1.29 is 5.11 Å². The van der Waals surface area contributed by atoms with Crippen LogP contribution >= 0.6 is 0 Å². The third-order valence-electron chi connectivity index (χ3n) is 3.52. The van der Waals surface area contributed by atoms with Crippen LogP contribution in [0.3, 0.4) is 0 Å². The Morgan fingerprint density at radius 1 is 1.35 bits per heavy atom. The van der Waals surface area contributed by atoms with Crippen LogP contribution in [0.15, 0.2) is 30.5 Å². The summed E-state index contributed by atoms with van der Waals surface area (Å²) >= 11 is 0. The maximum atomic E-state index is 10.2. The number of benzene rings is 1. The van der Waals surface area contributed by atoms with E-state index in [0.717, 1.165) is 5.56 Å². The fourth-order valence-corrected chi connectivity index (χ4v) is 2.24. The third kappa shape index (κ3) is 1.96. The van der Waals surface area contributed by atoms with Crippen LogP contribution in [0.5, 0.6) is 0 Å². The molecule has 1 saturated carbocycles. The molecule has 0 spiro atoms.